The molecule has 2 rings (SSSR count). The van der Waals surface area contributed by atoms with Crippen molar-refractivity contribution in [1.82, 2.24) is 5.16 Å². The summed E-state index contributed by atoms with van der Waals surface area (Å²) in [5.41, 5.74) is 0.563. The van der Waals surface area contributed by atoms with E-state index >= 15 is 0 Å². The highest BCUT2D eigenvalue weighted by Crippen LogP contribution is 2.18. The van der Waals surface area contributed by atoms with Crippen LogP contribution in [-0.4, -0.2) is 23.2 Å². The minimum atomic E-state index is -0.798. The molecule has 6 nitrogen and oxygen atoms in total. The molecule has 2 aromatic rings. The van der Waals surface area contributed by atoms with E-state index < -0.39 is 11.8 Å². The molecule has 104 valence electrons. The average Bonchev–Trinajstić information content (AvgIpc) is 2.84. The van der Waals surface area contributed by atoms with E-state index in [2.05, 4.69) is 15.8 Å². The Kier molecular flexibility index (Phi) is 4.41. The van der Waals surface area contributed by atoms with Gasteiger partial charge in [-0.05, 0) is 31.4 Å². The molecule has 0 spiro atoms. The Bertz CT molecular complexity index is 639. The van der Waals surface area contributed by atoms with Crippen LogP contribution in [-0.2, 0) is 9.59 Å². The highest BCUT2D eigenvalue weighted by Gasteiger charge is 2.15. The summed E-state index contributed by atoms with van der Waals surface area (Å²) in [5, 5.41) is 8.45. The molecule has 7 heteroatoms. The molecule has 0 atom stereocenters. The summed E-state index contributed by atoms with van der Waals surface area (Å²) >= 11 is 1.55. The van der Waals surface area contributed by atoms with Gasteiger partial charge in [0.25, 0.3) is 0 Å². The Morgan fingerprint density at radius 1 is 1.20 bits per heavy atom. The highest BCUT2D eigenvalue weighted by atomic mass is 32.2. The largest absolute Gasteiger partial charge is 0.360 e. The predicted molar refractivity (Wildman–Crippen MR) is 76.7 cm³/mol. The van der Waals surface area contributed by atoms with E-state index in [1.165, 1.54) is 6.07 Å². The minimum Gasteiger partial charge on any atom is -0.360 e. The van der Waals surface area contributed by atoms with E-state index in [4.69, 9.17) is 4.52 Å². The van der Waals surface area contributed by atoms with Gasteiger partial charge in [0.2, 0.25) is 0 Å². The van der Waals surface area contributed by atoms with Gasteiger partial charge in [-0.1, -0.05) is 11.2 Å². The molecule has 0 bridgehead atoms. The maximum atomic E-state index is 11.7. The second-order valence-electron chi connectivity index (χ2n) is 3.96. The molecule has 0 saturated carbocycles. The topological polar surface area (TPSA) is 84.2 Å². The first-order chi connectivity index (χ1) is 9.58. The van der Waals surface area contributed by atoms with Crippen LogP contribution >= 0.6 is 11.8 Å². The van der Waals surface area contributed by atoms with E-state index in [0.717, 1.165) is 4.90 Å². The molecule has 0 saturated heterocycles. The third kappa shape index (κ3) is 3.61. The molecular weight excluding hydrogens is 278 g/mol. The number of anilines is 2. The first-order valence-corrected chi connectivity index (χ1v) is 7.00. The summed E-state index contributed by atoms with van der Waals surface area (Å²) < 4.78 is 4.79. The number of amides is 2. The summed E-state index contributed by atoms with van der Waals surface area (Å²) in [4.78, 5) is 24.4. The zero-order chi connectivity index (χ0) is 14.5. The molecule has 1 aromatic heterocycles. The van der Waals surface area contributed by atoms with E-state index in [-0.39, 0.29) is 5.82 Å². The quantitative estimate of drug-likeness (QED) is 0.669. The van der Waals surface area contributed by atoms with Gasteiger partial charge in [-0.15, -0.1) is 11.8 Å². The number of hydrogen-bond donors (Lipinski definition) is 2. The van der Waals surface area contributed by atoms with Crippen molar-refractivity contribution < 1.29 is 14.1 Å². The van der Waals surface area contributed by atoms with Crippen LogP contribution in [0.5, 0.6) is 0 Å². The molecule has 0 fully saturated rings. The SMILES string of the molecule is CSc1cccc(NC(=O)C(=O)Nc2cc(C)on2)c1. The van der Waals surface area contributed by atoms with Crippen LogP contribution < -0.4 is 10.6 Å². The van der Waals surface area contributed by atoms with Crippen molar-refractivity contribution in [3.05, 3.63) is 36.1 Å². The monoisotopic (exact) mass is 291 g/mol. The Morgan fingerprint density at radius 3 is 2.60 bits per heavy atom. The van der Waals surface area contributed by atoms with Crippen LogP contribution in [0.1, 0.15) is 5.76 Å². The van der Waals surface area contributed by atoms with Crippen molar-refractivity contribution >= 4 is 35.1 Å². The van der Waals surface area contributed by atoms with Gasteiger partial charge < -0.3 is 9.84 Å². The first kappa shape index (κ1) is 14.1. The van der Waals surface area contributed by atoms with Crippen LogP contribution in [0.25, 0.3) is 0 Å². The summed E-state index contributed by atoms with van der Waals surface area (Å²) in [7, 11) is 0. The summed E-state index contributed by atoms with van der Waals surface area (Å²) in [6, 6.07) is 8.75. The number of benzene rings is 1. The summed E-state index contributed by atoms with van der Waals surface area (Å²) in [6.07, 6.45) is 1.93. The maximum absolute atomic E-state index is 11.7. The van der Waals surface area contributed by atoms with Crippen molar-refractivity contribution in [1.29, 1.82) is 0 Å². The third-order valence-electron chi connectivity index (χ3n) is 2.40. The molecular formula is C13H13N3O3S. The van der Waals surface area contributed by atoms with Gasteiger partial charge in [0.15, 0.2) is 5.82 Å². The van der Waals surface area contributed by atoms with Crippen LogP contribution in [0, 0.1) is 6.92 Å². The molecule has 2 amide bonds. The van der Waals surface area contributed by atoms with Gasteiger partial charge >= 0.3 is 11.8 Å². The fourth-order valence-electron chi connectivity index (χ4n) is 1.49. The van der Waals surface area contributed by atoms with Gasteiger partial charge in [-0.25, -0.2) is 0 Å². The Morgan fingerprint density at radius 2 is 1.95 bits per heavy atom. The molecule has 1 aromatic carbocycles. The molecule has 2 N–H and O–H groups in total. The number of nitrogens with one attached hydrogen (secondary N) is 2. The minimum absolute atomic E-state index is 0.209. The Labute approximate surface area is 119 Å². The second-order valence-corrected chi connectivity index (χ2v) is 4.84. The second kappa shape index (κ2) is 6.25. The number of carbonyl (C=O) groups excluding carboxylic acids is 2. The zero-order valence-electron chi connectivity index (χ0n) is 11.0. The number of aryl methyl sites for hydroxylation is 1. The van der Waals surface area contributed by atoms with Crippen molar-refractivity contribution in [2.24, 2.45) is 0 Å². The Hall–Kier alpha value is -2.28. The lowest BCUT2D eigenvalue weighted by Gasteiger charge is -2.05. The van der Waals surface area contributed by atoms with Crippen LogP contribution in [0.4, 0.5) is 11.5 Å². The van der Waals surface area contributed by atoms with Gasteiger partial charge in [-0.2, -0.15) is 0 Å². The lowest BCUT2D eigenvalue weighted by molar-refractivity contribution is -0.133. The van der Waals surface area contributed by atoms with Gasteiger partial charge in [0, 0.05) is 16.6 Å². The van der Waals surface area contributed by atoms with Crippen molar-refractivity contribution in [2.75, 3.05) is 16.9 Å². The van der Waals surface area contributed by atoms with Crippen molar-refractivity contribution in [3.8, 4) is 0 Å². The van der Waals surface area contributed by atoms with Crippen LogP contribution in [0.2, 0.25) is 0 Å². The predicted octanol–water partition coefficient (Wildman–Crippen LogP) is 2.28. The average molecular weight is 291 g/mol. The standard InChI is InChI=1S/C13H13N3O3S/c1-8-6-11(16-19-8)15-13(18)12(17)14-9-4-3-5-10(7-9)20-2/h3-7H,1-2H3,(H,14,17)(H,15,16,18). The molecule has 1 heterocycles. The molecule has 0 aliphatic carbocycles. The highest BCUT2D eigenvalue weighted by molar-refractivity contribution is 7.98. The molecule has 0 aliphatic rings. The fourth-order valence-corrected chi connectivity index (χ4v) is 1.95. The number of nitrogens with zero attached hydrogens (tertiary/aromatic N) is 1. The lowest BCUT2D eigenvalue weighted by Crippen LogP contribution is -2.29. The number of carbonyl (C=O) groups is 2. The molecule has 0 unspecified atom stereocenters. The van der Waals surface area contributed by atoms with E-state index in [9.17, 15) is 9.59 Å². The summed E-state index contributed by atoms with van der Waals surface area (Å²) in [6.45, 7) is 1.69. The number of aromatic nitrogens is 1. The normalized spacial score (nSPS) is 10.1. The van der Waals surface area contributed by atoms with E-state index in [0.29, 0.717) is 11.4 Å². The maximum Gasteiger partial charge on any atom is 0.315 e. The lowest BCUT2D eigenvalue weighted by atomic mass is 10.3. The zero-order valence-corrected chi connectivity index (χ0v) is 11.8. The first-order valence-electron chi connectivity index (χ1n) is 5.78. The van der Waals surface area contributed by atoms with Crippen LogP contribution in [0.3, 0.4) is 0 Å². The number of thioether (sulfide) groups is 1. The molecule has 0 radical (unpaired) electrons. The third-order valence-corrected chi connectivity index (χ3v) is 3.13. The van der Waals surface area contributed by atoms with E-state index in [1.54, 1.807) is 36.9 Å². The summed E-state index contributed by atoms with van der Waals surface area (Å²) in [5.74, 6) is -0.800. The molecule has 0 aliphatic heterocycles. The van der Waals surface area contributed by atoms with Crippen molar-refractivity contribution in [2.45, 2.75) is 11.8 Å². The number of rotatable bonds is 3. The van der Waals surface area contributed by atoms with Gasteiger partial charge in [0.1, 0.15) is 5.76 Å². The van der Waals surface area contributed by atoms with Crippen LogP contribution in [0.15, 0.2) is 39.8 Å². The smallest absolute Gasteiger partial charge is 0.315 e. The van der Waals surface area contributed by atoms with Gasteiger partial charge in [-0.3, -0.25) is 14.9 Å². The van der Waals surface area contributed by atoms with Crippen molar-refractivity contribution in [3.63, 3.8) is 0 Å². The Balaban J connectivity index is 1.98. The van der Waals surface area contributed by atoms with Gasteiger partial charge in [0.05, 0.1) is 0 Å². The molecule has 20 heavy (non-hydrogen) atoms. The van der Waals surface area contributed by atoms with E-state index in [1.807, 2.05) is 12.3 Å². The fraction of sp³-hybridized carbons (Fsp3) is 0.154. The number of hydrogen-bond acceptors (Lipinski definition) is 5.